The highest BCUT2D eigenvalue weighted by Gasteiger charge is 2.16. The fraction of sp³-hybridized carbons (Fsp3) is 0.250. The van der Waals surface area contributed by atoms with Crippen molar-refractivity contribution in [1.29, 1.82) is 0 Å². The van der Waals surface area contributed by atoms with Crippen LogP contribution in [0.5, 0.6) is 0 Å². The SMILES string of the molecule is Cc1coc(C)c1C(=O)Nc1ccc2c(c1)nc(C)n2C. The number of amides is 1. The van der Waals surface area contributed by atoms with E-state index in [0.29, 0.717) is 11.3 Å². The van der Waals surface area contributed by atoms with Gasteiger partial charge in [-0.15, -0.1) is 0 Å². The molecule has 0 atom stereocenters. The van der Waals surface area contributed by atoms with Crippen LogP contribution in [0.4, 0.5) is 5.69 Å². The minimum Gasteiger partial charge on any atom is -0.469 e. The molecule has 3 aromatic rings. The number of rotatable bonds is 2. The van der Waals surface area contributed by atoms with E-state index in [1.54, 1.807) is 13.2 Å². The Labute approximate surface area is 122 Å². The molecule has 0 bridgehead atoms. The summed E-state index contributed by atoms with van der Waals surface area (Å²) in [7, 11) is 1.97. The first kappa shape index (κ1) is 13.4. The van der Waals surface area contributed by atoms with Crippen molar-refractivity contribution in [3.8, 4) is 0 Å². The Morgan fingerprint density at radius 3 is 2.71 bits per heavy atom. The topological polar surface area (TPSA) is 60.1 Å². The molecule has 0 radical (unpaired) electrons. The quantitative estimate of drug-likeness (QED) is 0.784. The second-order valence-electron chi connectivity index (χ2n) is 5.23. The van der Waals surface area contributed by atoms with Gasteiger partial charge in [-0.2, -0.15) is 0 Å². The fourth-order valence-electron chi connectivity index (χ4n) is 2.50. The average Bonchev–Trinajstić information content (AvgIpc) is 2.90. The molecule has 2 aromatic heterocycles. The van der Waals surface area contributed by atoms with Gasteiger partial charge < -0.3 is 14.3 Å². The summed E-state index contributed by atoms with van der Waals surface area (Å²) in [5.41, 5.74) is 4.06. The average molecular weight is 283 g/mol. The third-order valence-electron chi connectivity index (χ3n) is 3.75. The summed E-state index contributed by atoms with van der Waals surface area (Å²) in [4.78, 5) is 16.8. The van der Waals surface area contributed by atoms with E-state index in [1.807, 2.05) is 43.7 Å². The molecule has 5 heteroatoms. The molecule has 108 valence electrons. The predicted molar refractivity (Wildman–Crippen MR) is 81.6 cm³/mol. The van der Waals surface area contributed by atoms with Crippen LogP contribution >= 0.6 is 0 Å². The molecular weight excluding hydrogens is 266 g/mol. The van der Waals surface area contributed by atoms with Crippen LogP contribution < -0.4 is 5.32 Å². The maximum atomic E-state index is 12.3. The van der Waals surface area contributed by atoms with E-state index in [4.69, 9.17) is 4.42 Å². The second kappa shape index (κ2) is 4.77. The lowest BCUT2D eigenvalue weighted by Gasteiger charge is -2.05. The molecule has 1 aromatic carbocycles. The van der Waals surface area contributed by atoms with Crippen molar-refractivity contribution < 1.29 is 9.21 Å². The number of fused-ring (bicyclic) bond motifs is 1. The third-order valence-corrected chi connectivity index (χ3v) is 3.75. The van der Waals surface area contributed by atoms with E-state index < -0.39 is 0 Å². The molecule has 0 aliphatic heterocycles. The molecule has 5 nitrogen and oxygen atoms in total. The Hall–Kier alpha value is -2.56. The molecule has 2 heterocycles. The van der Waals surface area contributed by atoms with Gasteiger partial charge in [0, 0.05) is 18.3 Å². The molecule has 0 unspecified atom stereocenters. The third kappa shape index (κ3) is 2.20. The van der Waals surface area contributed by atoms with Crippen molar-refractivity contribution in [1.82, 2.24) is 9.55 Å². The lowest BCUT2D eigenvalue weighted by molar-refractivity contribution is 0.102. The lowest BCUT2D eigenvalue weighted by atomic mass is 10.1. The van der Waals surface area contributed by atoms with Crippen molar-refractivity contribution in [2.24, 2.45) is 7.05 Å². The number of aryl methyl sites for hydroxylation is 4. The number of furan rings is 1. The summed E-state index contributed by atoms with van der Waals surface area (Å²) in [6.07, 6.45) is 1.59. The molecule has 1 N–H and O–H groups in total. The number of nitrogens with one attached hydrogen (secondary N) is 1. The number of hydrogen-bond donors (Lipinski definition) is 1. The molecule has 0 aliphatic rings. The Morgan fingerprint density at radius 2 is 2.05 bits per heavy atom. The van der Waals surface area contributed by atoms with E-state index in [0.717, 1.165) is 28.1 Å². The standard InChI is InChI=1S/C16H17N3O2/c1-9-8-21-10(2)15(9)16(20)18-12-5-6-14-13(7-12)17-11(3)19(14)4/h5-8H,1-4H3,(H,18,20). The number of aromatic nitrogens is 2. The van der Waals surface area contributed by atoms with Crippen molar-refractivity contribution >= 4 is 22.6 Å². The first-order valence-corrected chi connectivity index (χ1v) is 6.76. The van der Waals surface area contributed by atoms with Crippen LogP contribution in [0.1, 0.15) is 27.5 Å². The molecule has 0 saturated heterocycles. The monoisotopic (exact) mass is 283 g/mol. The predicted octanol–water partition coefficient (Wildman–Crippen LogP) is 3.34. The zero-order valence-electron chi connectivity index (χ0n) is 12.5. The maximum absolute atomic E-state index is 12.3. The number of carbonyl (C=O) groups excluding carboxylic acids is 1. The molecule has 3 rings (SSSR count). The Bertz CT molecular complexity index is 823. The van der Waals surface area contributed by atoms with Gasteiger partial charge in [-0.25, -0.2) is 4.98 Å². The fourth-order valence-corrected chi connectivity index (χ4v) is 2.50. The van der Waals surface area contributed by atoms with Crippen LogP contribution in [0.15, 0.2) is 28.9 Å². The Balaban J connectivity index is 1.93. The zero-order valence-corrected chi connectivity index (χ0v) is 12.5. The van der Waals surface area contributed by atoms with Crippen LogP contribution in [0.25, 0.3) is 11.0 Å². The van der Waals surface area contributed by atoms with Gasteiger partial charge in [-0.05, 0) is 39.0 Å². The smallest absolute Gasteiger partial charge is 0.259 e. The summed E-state index contributed by atoms with van der Waals surface area (Å²) in [5, 5.41) is 2.90. The summed E-state index contributed by atoms with van der Waals surface area (Å²) in [5.74, 6) is 1.40. The van der Waals surface area contributed by atoms with Crippen LogP contribution in [-0.4, -0.2) is 15.5 Å². The summed E-state index contributed by atoms with van der Waals surface area (Å²) in [6.45, 7) is 5.60. The highest BCUT2D eigenvalue weighted by atomic mass is 16.3. The zero-order chi connectivity index (χ0) is 15.1. The van der Waals surface area contributed by atoms with Gasteiger partial charge in [0.05, 0.1) is 22.9 Å². The summed E-state index contributed by atoms with van der Waals surface area (Å²) >= 11 is 0. The van der Waals surface area contributed by atoms with Crippen LogP contribution in [0.2, 0.25) is 0 Å². The Kier molecular flexibility index (Phi) is 3.05. The normalized spacial score (nSPS) is 11.0. The number of carbonyl (C=O) groups is 1. The van der Waals surface area contributed by atoms with Gasteiger partial charge in [0.15, 0.2) is 0 Å². The van der Waals surface area contributed by atoms with Gasteiger partial charge in [-0.3, -0.25) is 4.79 Å². The highest BCUT2D eigenvalue weighted by Crippen LogP contribution is 2.21. The van der Waals surface area contributed by atoms with Crippen LogP contribution in [-0.2, 0) is 7.05 Å². The van der Waals surface area contributed by atoms with E-state index in [9.17, 15) is 4.79 Å². The number of anilines is 1. The molecular formula is C16H17N3O2. The number of hydrogen-bond acceptors (Lipinski definition) is 3. The van der Waals surface area contributed by atoms with Crippen molar-refractivity contribution in [3.63, 3.8) is 0 Å². The lowest BCUT2D eigenvalue weighted by Crippen LogP contribution is -2.13. The maximum Gasteiger partial charge on any atom is 0.259 e. The van der Waals surface area contributed by atoms with Crippen LogP contribution in [0.3, 0.4) is 0 Å². The molecule has 0 saturated carbocycles. The van der Waals surface area contributed by atoms with Crippen LogP contribution in [0, 0.1) is 20.8 Å². The van der Waals surface area contributed by atoms with Crippen molar-refractivity contribution in [2.75, 3.05) is 5.32 Å². The highest BCUT2D eigenvalue weighted by molar-refractivity contribution is 6.06. The van der Waals surface area contributed by atoms with Gasteiger partial charge in [0.1, 0.15) is 11.6 Å². The molecule has 1 amide bonds. The number of benzene rings is 1. The minimum absolute atomic E-state index is 0.161. The first-order chi connectivity index (χ1) is 9.97. The summed E-state index contributed by atoms with van der Waals surface area (Å²) < 4.78 is 7.29. The second-order valence-corrected chi connectivity index (χ2v) is 5.23. The molecule has 0 aliphatic carbocycles. The largest absolute Gasteiger partial charge is 0.469 e. The number of imidazole rings is 1. The van der Waals surface area contributed by atoms with E-state index in [-0.39, 0.29) is 5.91 Å². The van der Waals surface area contributed by atoms with E-state index in [1.165, 1.54) is 0 Å². The van der Waals surface area contributed by atoms with E-state index in [2.05, 4.69) is 10.3 Å². The summed E-state index contributed by atoms with van der Waals surface area (Å²) in [6, 6.07) is 5.72. The van der Waals surface area contributed by atoms with Gasteiger partial charge in [0.25, 0.3) is 5.91 Å². The van der Waals surface area contributed by atoms with Crippen molar-refractivity contribution in [2.45, 2.75) is 20.8 Å². The van der Waals surface area contributed by atoms with E-state index >= 15 is 0 Å². The molecule has 0 fully saturated rings. The minimum atomic E-state index is -0.161. The van der Waals surface area contributed by atoms with Crippen molar-refractivity contribution in [3.05, 3.63) is 47.2 Å². The Morgan fingerprint density at radius 1 is 1.29 bits per heavy atom. The van der Waals surface area contributed by atoms with Gasteiger partial charge >= 0.3 is 0 Å². The molecule has 21 heavy (non-hydrogen) atoms. The van der Waals surface area contributed by atoms with Gasteiger partial charge in [0.2, 0.25) is 0 Å². The number of nitrogens with zero attached hydrogens (tertiary/aromatic N) is 2. The first-order valence-electron chi connectivity index (χ1n) is 6.76. The van der Waals surface area contributed by atoms with Gasteiger partial charge in [-0.1, -0.05) is 0 Å². The molecule has 0 spiro atoms.